The second kappa shape index (κ2) is 9.47. The Bertz CT molecular complexity index is 1130. The van der Waals surface area contributed by atoms with E-state index in [-0.39, 0.29) is 31.2 Å². The van der Waals surface area contributed by atoms with Crippen LogP contribution >= 0.6 is 0 Å². The maximum Gasteiger partial charge on any atom is 0.253 e. The third-order valence-electron chi connectivity index (χ3n) is 5.12. The van der Waals surface area contributed by atoms with Gasteiger partial charge in [0.25, 0.3) is 5.91 Å². The van der Waals surface area contributed by atoms with Crippen LogP contribution in [0.1, 0.15) is 53.2 Å². The van der Waals surface area contributed by atoms with E-state index in [4.69, 9.17) is 10.2 Å². The third-order valence-corrected chi connectivity index (χ3v) is 5.12. The molecule has 0 atom stereocenters. The van der Waals surface area contributed by atoms with Crippen LogP contribution in [0.5, 0.6) is 0 Å². The summed E-state index contributed by atoms with van der Waals surface area (Å²) in [7, 11) is 0. The van der Waals surface area contributed by atoms with E-state index in [0.717, 1.165) is 22.1 Å². The maximum atomic E-state index is 12.7. The first kappa shape index (κ1) is 22.1. The smallest absolute Gasteiger partial charge is 0.253 e. The highest BCUT2D eigenvalue weighted by Gasteiger charge is 2.16. The van der Waals surface area contributed by atoms with Crippen molar-refractivity contribution in [2.75, 3.05) is 11.9 Å². The Labute approximate surface area is 181 Å². The minimum atomic E-state index is -0.495. The molecule has 3 amide bonds. The minimum Gasteiger partial charge on any atom is -0.464 e. The number of hydrogen-bond donors (Lipinski definition) is 3. The van der Waals surface area contributed by atoms with Crippen LogP contribution in [0, 0.1) is 6.92 Å². The summed E-state index contributed by atoms with van der Waals surface area (Å²) in [5, 5.41) is 6.36. The summed E-state index contributed by atoms with van der Waals surface area (Å²) in [6.07, 6.45) is 1.77. The van der Waals surface area contributed by atoms with Crippen LogP contribution < -0.4 is 16.4 Å². The predicted octanol–water partition coefficient (Wildman–Crippen LogP) is 3.65. The molecule has 2 aromatic carbocycles. The van der Waals surface area contributed by atoms with Crippen molar-refractivity contribution in [2.24, 2.45) is 5.73 Å². The van der Waals surface area contributed by atoms with Crippen LogP contribution in [0.3, 0.4) is 0 Å². The number of carbonyl (C=O) groups excluding carboxylic acids is 3. The number of aryl methyl sites for hydroxylation is 1. The second-order valence-corrected chi connectivity index (χ2v) is 7.86. The molecular weight excluding hydrogens is 394 g/mol. The van der Waals surface area contributed by atoms with Crippen molar-refractivity contribution >= 4 is 34.4 Å². The fourth-order valence-electron chi connectivity index (χ4n) is 3.56. The van der Waals surface area contributed by atoms with Gasteiger partial charge >= 0.3 is 0 Å². The van der Waals surface area contributed by atoms with Crippen LogP contribution in [0.25, 0.3) is 11.0 Å². The van der Waals surface area contributed by atoms with Gasteiger partial charge in [0.05, 0.1) is 23.9 Å². The number of nitrogens with one attached hydrogen (secondary N) is 2. The quantitative estimate of drug-likeness (QED) is 0.515. The van der Waals surface area contributed by atoms with Gasteiger partial charge in [-0.15, -0.1) is 0 Å². The molecule has 4 N–H and O–H groups in total. The zero-order valence-electron chi connectivity index (χ0n) is 18.0. The lowest BCUT2D eigenvalue weighted by Gasteiger charge is -2.12. The fraction of sp³-hybridized carbons (Fsp3) is 0.292. The van der Waals surface area contributed by atoms with E-state index in [2.05, 4.69) is 37.5 Å². The Balaban J connectivity index is 1.75. The molecule has 7 heteroatoms. The van der Waals surface area contributed by atoms with E-state index in [1.807, 2.05) is 6.07 Å². The van der Waals surface area contributed by atoms with Crippen molar-refractivity contribution in [3.8, 4) is 0 Å². The second-order valence-electron chi connectivity index (χ2n) is 7.86. The molecule has 0 aliphatic heterocycles. The van der Waals surface area contributed by atoms with Crippen molar-refractivity contribution < 1.29 is 18.8 Å². The van der Waals surface area contributed by atoms with Crippen LogP contribution in [0.2, 0.25) is 0 Å². The van der Waals surface area contributed by atoms with E-state index >= 15 is 0 Å². The summed E-state index contributed by atoms with van der Waals surface area (Å²) in [6.45, 7) is 6.45. The van der Waals surface area contributed by atoms with E-state index in [1.165, 1.54) is 5.56 Å². The van der Waals surface area contributed by atoms with Gasteiger partial charge in [0.2, 0.25) is 11.8 Å². The Morgan fingerprint density at radius 3 is 2.58 bits per heavy atom. The summed E-state index contributed by atoms with van der Waals surface area (Å²) in [4.78, 5) is 36.0. The zero-order valence-corrected chi connectivity index (χ0v) is 18.0. The molecule has 162 valence electrons. The Morgan fingerprint density at radius 2 is 1.87 bits per heavy atom. The monoisotopic (exact) mass is 421 g/mol. The van der Waals surface area contributed by atoms with Crippen LogP contribution in [0.15, 0.2) is 47.1 Å². The topological polar surface area (TPSA) is 114 Å². The summed E-state index contributed by atoms with van der Waals surface area (Å²) in [5.74, 6) is -0.777. The predicted molar refractivity (Wildman–Crippen MR) is 120 cm³/mol. The molecule has 0 bridgehead atoms. The number of para-hydroxylation sites is 1. The first-order valence-electron chi connectivity index (χ1n) is 10.2. The van der Waals surface area contributed by atoms with E-state index < -0.39 is 5.91 Å². The summed E-state index contributed by atoms with van der Waals surface area (Å²) in [6, 6.07) is 10.8. The highest BCUT2D eigenvalue weighted by Crippen LogP contribution is 2.29. The SMILES string of the molecule is Cc1cc2occ(CC(=O)Nc3ccccc3C(=O)NCCC(N)=O)c2cc1C(C)C. The molecule has 0 spiro atoms. The van der Waals surface area contributed by atoms with Gasteiger partial charge in [-0.25, -0.2) is 0 Å². The van der Waals surface area contributed by atoms with Crippen LogP contribution in [-0.2, 0) is 16.0 Å². The number of furan rings is 1. The van der Waals surface area contributed by atoms with Crippen molar-refractivity contribution in [1.82, 2.24) is 5.32 Å². The molecule has 31 heavy (non-hydrogen) atoms. The zero-order chi connectivity index (χ0) is 22.5. The normalized spacial score (nSPS) is 11.0. The number of rotatable bonds is 8. The van der Waals surface area contributed by atoms with E-state index in [1.54, 1.807) is 30.5 Å². The van der Waals surface area contributed by atoms with Gasteiger partial charge in [-0.3, -0.25) is 14.4 Å². The van der Waals surface area contributed by atoms with E-state index in [0.29, 0.717) is 17.2 Å². The average molecular weight is 421 g/mol. The van der Waals surface area contributed by atoms with Crippen molar-refractivity contribution in [2.45, 2.75) is 39.5 Å². The van der Waals surface area contributed by atoms with Gasteiger partial charge in [-0.05, 0) is 48.2 Å². The highest BCUT2D eigenvalue weighted by atomic mass is 16.3. The molecule has 0 saturated carbocycles. The molecule has 3 aromatic rings. The molecule has 0 fully saturated rings. The molecule has 0 unspecified atom stereocenters. The molecule has 0 aliphatic carbocycles. The lowest BCUT2D eigenvalue weighted by atomic mass is 9.95. The Hall–Kier alpha value is -3.61. The number of anilines is 1. The molecular formula is C24H27N3O4. The standard InChI is InChI=1S/C24H27N3O4/c1-14(2)18-12-19-16(13-31-21(19)10-15(18)3)11-23(29)27-20-7-5-4-6-17(20)24(30)26-9-8-22(25)28/h4-7,10,12-14H,8-9,11H2,1-3H3,(H2,25,28)(H,26,30)(H,27,29). The highest BCUT2D eigenvalue weighted by molar-refractivity contribution is 6.04. The summed E-state index contributed by atoms with van der Waals surface area (Å²) in [5.41, 5.74) is 9.72. The number of amides is 3. The molecule has 0 saturated heterocycles. The summed E-state index contributed by atoms with van der Waals surface area (Å²) < 4.78 is 5.66. The van der Waals surface area contributed by atoms with Crippen LogP contribution in [0.4, 0.5) is 5.69 Å². The third kappa shape index (κ3) is 5.31. The summed E-state index contributed by atoms with van der Waals surface area (Å²) >= 11 is 0. The molecule has 1 heterocycles. The largest absolute Gasteiger partial charge is 0.464 e. The van der Waals surface area contributed by atoms with Gasteiger partial charge in [-0.1, -0.05) is 26.0 Å². The number of hydrogen-bond acceptors (Lipinski definition) is 4. The van der Waals surface area contributed by atoms with Crippen molar-refractivity contribution in [3.05, 3.63) is 64.9 Å². The fourth-order valence-corrected chi connectivity index (χ4v) is 3.56. The van der Waals surface area contributed by atoms with Crippen molar-refractivity contribution in [3.63, 3.8) is 0 Å². The lowest BCUT2D eigenvalue weighted by Crippen LogP contribution is -2.29. The molecule has 0 aliphatic rings. The lowest BCUT2D eigenvalue weighted by molar-refractivity contribution is -0.118. The van der Waals surface area contributed by atoms with Gasteiger partial charge in [0.1, 0.15) is 5.58 Å². The number of benzene rings is 2. The van der Waals surface area contributed by atoms with E-state index in [9.17, 15) is 14.4 Å². The molecule has 3 rings (SSSR count). The van der Waals surface area contributed by atoms with Gasteiger partial charge < -0.3 is 20.8 Å². The first-order valence-corrected chi connectivity index (χ1v) is 10.2. The minimum absolute atomic E-state index is 0.0473. The first-order chi connectivity index (χ1) is 14.8. The van der Waals surface area contributed by atoms with Gasteiger partial charge in [-0.2, -0.15) is 0 Å². The maximum absolute atomic E-state index is 12.7. The van der Waals surface area contributed by atoms with Gasteiger partial charge in [0, 0.05) is 23.9 Å². The number of carbonyl (C=O) groups is 3. The molecule has 1 aromatic heterocycles. The number of nitrogens with two attached hydrogens (primary N) is 1. The van der Waals surface area contributed by atoms with Crippen molar-refractivity contribution in [1.29, 1.82) is 0 Å². The number of fused-ring (bicyclic) bond motifs is 1. The van der Waals surface area contributed by atoms with Crippen LogP contribution in [-0.4, -0.2) is 24.3 Å². The molecule has 0 radical (unpaired) electrons. The average Bonchev–Trinajstić information content (AvgIpc) is 3.08. The Kier molecular flexibility index (Phi) is 6.74. The Morgan fingerprint density at radius 1 is 1.13 bits per heavy atom. The number of primary amides is 1. The van der Waals surface area contributed by atoms with Gasteiger partial charge in [0.15, 0.2) is 0 Å². The molecule has 7 nitrogen and oxygen atoms in total.